The van der Waals surface area contributed by atoms with Crippen LogP contribution in [0.5, 0.6) is 11.5 Å². The van der Waals surface area contributed by atoms with E-state index in [0.717, 1.165) is 18.2 Å². The SMILES string of the molecule is CCN1CCN(C(=O)NC(C(=O)N[C@H]2Cc3cccc(C(=O)O)c3OB2O)c2ccc(O)c(S(N)(=O)=O)c2)C(=O)C1=O. The number of rotatable bonds is 7. The molecule has 1 unspecified atom stereocenters. The van der Waals surface area contributed by atoms with Crippen molar-refractivity contribution in [3.8, 4) is 11.5 Å². The molecule has 4 rings (SSSR count). The Morgan fingerprint density at radius 1 is 1.17 bits per heavy atom. The number of para-hydroxylation sites is 1. The van der Waals surface area contributed by atoms with Gasteiger partial charge in [0.25, 0.3) is 0 Å². The van der Waals surface area contributed by atoms with Gasteiger partial charge in [0.15, 0.2) is 0 Å². The summed E-state index contributed by atoms with van der Waals surface area (Å²) in [6, 6.07) is 4.28. The van der Waals surface area contributed by atoms with Crippen molar-refractivity contribution < 1.29 is 52.3 Å². The number of amides is 5. The molecule has 42 heavy (non-hydrogen) atoms. The van der Waals surface area contributed by atoms with Crippen LogP contribution >= 0.6 is 0 Å². The molecule has 0 aliphatic carbocycles. The first kappa shape index (κ1) is 30.3. The van der Waals surface area contributed by atoms with Gasteiger partial charge in [-0.15, -0.1) is 0 Å². The number of nitrogens with two attached hydrogens (primary N) is 1. The molecule has 222 valence electrons. The van der Waals surface area contributed by atoms with E-state index in [-0.39, 0.29) is 42.9 Å². The maximum Gasteiger partial charge on any atom is 0.547 e. The van der Waals surface area contributed by atoms with E-state index in [4.69, 9.17) is 9.79 Å². The number of carbonyl (C=O) groups excluding carboxylic acids is 4. The largest absolute Gasteiger partial charge is 0.547 e. The van der Waals surface area contributed by atoms with E-state index in [9.17, 15) is 47.6 Å². The number of phenolic OH excluding ortho intramolecular Hbond substituents is 1. The van der Waals surface area contributed by atoms with Gasteiger partial charge in [-0.1, -0.05) is 18.2 Å². The van der Waals surface area contributed by atoms with E-state index in [2.05, 4.69) is 10.6 Å². The summed E-state index contributed by atoms with van der Waals surface area (Å²) < 4.78 is 29.4. The maximum absolute atomic E-state index is 13.5. The number of primary sulfonamides is 1. The second kappa shape index (κ2) is 11.7. The molecular weight excluding hydrogens is 577 g/mol. The number of imide groups is 1. The van der Waals surface area contributed by atoms with E-state index >= 15 is 0 Å². The van der Waals surface area contributed by atoms with Crippen molar-refractivity contribution in [3.05, 3.63) is 53.1 Å². The zero-order valence-electron chi connectivity index (χ0n) is 22.0. The number of aromatic hydroxyl groups is 1. The number of aromatic carboxylic acids is 1. The molecule has 2 aliphatic heterocycles. The van der Waals surface area contributed by atoms with Crippen molar-refractivity contribution in [2.75, 3.05) is 19.6 Å². The Labute approximate surface area is 239 Å². The van der Waals surface area contributed by atoms with Crippen molar-refractivity contribution in [2.24, 2.45) is 5.14 Å². The van der Waals surface area contributed by atoms with Gasteiger partial charge in [0.2, 0.25) is 15.9 Å². The lowest BCUT2D eigenvalue weighted by atomic mass is 9.72. The number of urea groups is 1. The molecule has 5 amide bonds. The highest BCUT2D eigenvalue weighted by Gasteiger charge is 2.41. The number of nitrogens with one attached hydrogen (secondary N) is 2. The third kappa shape index (κ3) is 5.99. The smallest absolute Gasteiger partial charge is 0.534 e. The standard InChI is InChI=1S/C24H26BN5O11S/c1-2-29-8-9-30(22(34)21(29)33)24(37)28-18(12-6-7-15(31)16(10-12)42(26,39)40)20(32)27-17-11-13-4-3-5-14(23(35)36)19(13)41-25(17)38/h3-7,10,17-18,31,38H,2,8-9,11H2,1H3,(H,27,32)(H,28,37)(H,35,36)(H2,26,39,40)/t17-,18?/m0/s1. The Balaban J connectivity index is 1.64. The van der Waals surface area contributed by atoms with Crippen LogP contribution in [0.1, 0.15) is 34.5 Å². The minimum atomic E-state index is -4.49. The van der Waals surface area contributed by atoms with Crippen LogP contribution in [0.4, 0.5) is 4.79 Å². The average molecular weight is 603 g/mol. The Bertz CT molecular complexity index is 1580. The van der Waals surface area contributed by atoms with Crippen molar-refractivity contribution >= 4 is 46.9 Å². The molecule has 1 fully saturated rings. The summed E-state index contributed by atoms with van der Waals surface area (Å²) in [7, 11) is -6.21. The van der Waals surface area contributed by atoms with Crippen molar-refractivity contribution in [1.29, 1.82) is 0 Å². The molecule has 0 bridgehead atoms. The Hall–Kier alpha value is -4.68. The van der Waals surface area contributed by atoms with Crippen LogP contribution in [0.3, 0.4) is 0 Å². The number of carboxylic acids is 1. The minimum absolute atomic E-state index is 0.0451. The minimum Gasteiger partial charge on any atom is -0.534 e. The first-order chi connectivity index (χ1) is 19.7. The van der Waals surface area contributed by atoms with Gasteiger partial charge in [-0.05, 0) is 42.7 Å². The molecule has 2 aromatic rings. The Morgan fingerprint density at radius 2 is 1.88 bits per heavy atom. The first-order valence-corrected chi connectivity index (χ1v) is 14.0. The summed E-state index contributed by atoms with van der Waals surface area (Å²) in [5.41, 5.74) is -0.0398. The molecule has 2 heterocycles. The monoisotopic (exact) mass is 603 g/mol. The third-order valence-electron chi connectivity index (χ3n) is 6.77. The number of carboxylic acid groups (broad SMARTS) is 1. The summed E-state index contributed by atoms with van der Waals surface area (Å²) >= 11 is 0. The van der Waals surface area contributed by atoms with Crippen LogP contribution in [0.25, 0.3) is 0 Å². The molecule has 0 saturated carbocycles. The van der Waals surface area contributed by atoms with E-state index in [0.29, 0.717) is 10.5 Å². The molecule has 2 atom stereocenters. The zero-order chi connectivity index (χ0) is 30.9. The lowest BCUT2D eigenvalue weighted by Gasteiger charge is -2.33. The Morgan fingerprint density at radius 3 is 2.52 bits per heavy atom. The first-order valence-electron chi connectivity index (χ1n) is 12.5. The molecule has 18 heteroatoms. The number of nitrogens with zero attached hydrogens (tertiary/aromatic N) is 2. The van der Waals surface area contributed by atoms with Crippen LogP contribution in [-0.4, -0.2) is 95.9 Å². The fraction of sp³-hybridized carbons (Fsp3) is 0.292. The van der Waals surface area contributed by atoms with Crippen molar-refractivity contribution in [3.63, 3.8) is 0 Å². The predicted molar refractivity (Wildman–Crippen MR) is 142 cm³/mol. The van der Waals surface area contributed by atoms with E-state index in [1.807, 2.05) is 0 Å². The number of hydrogen-bond donors (Lipinski definition) is 6. The third-order valence-corrected chi connectivity index (χ3v) is 7.71. The number of benzene rings is 2. The van der Waals surface area contributed by atoms with Crippen molar-refractivity contribution in [1.82, 2.24) is 20.4 Å². The van der Waals surface area contributed by atoms with E-state index in [1.165, 1.54) is 23.1 Å². The van der Waals surface area contributed by atoms with Crippen LogP contribution in [0.2, 0.25) is 0 Å². The highest BCUT2D eigenvalue weighted by atomic mass is 32.2. The summed E-state index contributed by atoms with van der Waals surface area (Å²) in [6.07, 6.45) is -0.0893. The van der Waals surface area contributed by atoms with Gasteiger partial charge < -0.3 is 35.4 Å². The summed E-state index contributed by atoms with van der Waals surface area (Å²) in [4.78, 5) is 64.1. The molecule has 2 aromatic carbocycles. The van der Waals surface area contributed by atoms with E-state index in [1.54, 1.807) is 6.92 Å². The van der Waals surface area contributed by atoms with Gasteiger partial charge in [-0.2, -0.15) is 0 Å². The lowest BCUT2D eigenvalue weighted by Crippen LogP contribution is -2.60. The molecule has 7 N–H and O–H groups in total. The highest BCUT2D eigenvalue weighted by molar-refractivity contribution is 7.89. The predicted octanol–water partition coefficient (Wildman–Crippen LogP) is -1.68. The van der Waals surface area contributed by atoms with Gasteiger partial charge in [0, 0.05) is 19.6 Å². The second-order valence-electron chi connectivity index (χ2n) is 9.42. The van der Waals surface area contributed by atoms with Gasteiger partial charge >= 0.3 is 30.9 Å². The lowest BCUT2D eigenvalue weighted by molar-refractivity contribution is -0.153. The maximum atomic E-state index is 13.5. The quantitative estimate of drug-likeness (QED) is 0.154. The summed E-state index contributed by atoms with van der Waals surface area (Å²) in [5, 5.41) is 39.9. The van der Waals surface area contributed by atoms with Gasteiger partial charge in [-0.25, -0.2) is 23.1 Å². The van der Waals surface area contributed by atoms with Crippen LogP contribution in [0, 0.1) is 0 Å². The fourth-order valence-electron chi connectivity index (χ4n) is 4.59. The molecule has 0 radical (unpaired) electrons. The number of sulfonamides is 1. The molecule has 0 aromatic heterocycles. The number of hydrogen-bond acceptors (Lipinski definition) is 10. The normalized spacial score (nSPS) is 17.7. The molecule has 2 aliphatic rings. The number of phenols is 1. The molecule has 0 spiro atoms. The number of carbonyl (C=O) groups is 5. The van der Waals surface area contributed by atoms with Crippen LogP contribution in [0.15, 0.2) is 41.3 Å². The zero-order valence-corrected chi connectivity index (χ0v) is 22.8. The highest BCUT2D eigenvalue weighted by Crippen LogP contribution is 2.31. The van der Waals surface area contributed by atoms with Crippen LogP contribution in [-0.2, 0) is 30.8 Å². The second-order valence-corrected chi connectivity index (χ2v) is 11.0. The topological polar surface area (TPSA) is 246 Å². The average Bonchev–Trinajstić information content (AvgIpc) is 2.92. The summed E-state index contributed by atoms with van der Waals surface area (Å²) in [6.45, 7) is 1.75. The van der Waals surface area contributed by atoms with Crippen molar-refractivity contribution in [2.45, 2.75) is 30.2 Å². The Kier molecular flexibility index (Phi) is 8.42. The fourth-order valence-corrected chi connectivity index (χ4v) is 5.25. The molecule has 1 saturated heterocycles. The van der Waals surface area contributed by atoms with Gasteiger partial charge in [0.1, 0.15) is 22.4 Å². The van der Waals surface area contributed by atoms with E-state index < -0.39 is 69.5 Å². The number of likely N-dealkylation sites (N-methyl/N-ethyl adjacent to an activating group) is 1. The van der Waals surface area contributed by atoms with Gasteiger partial charge in [0.05, 0.1) is 11.5 Å². The number of fused-ring (bicyclic) bond motifs is 1. The van der Waals surface area contributed by atoms with Crippen LogP contribution < -0.4 is 20.4 Å². The number of piperazine rings is 1. The van der Waals surface area contributed by atoms with Gasteiger partial charge in [-0.3, -0.25) is 19.3 Å². The molecular formula is C24H26BN5O11S. The summed E-state index contributed by atoms with van der Waals surface area (Å²) in [5.74, 6) is -6.36. The molecule has 16 nitrogen and oxygen atoms in total.